The summed E-state index contributed by atoms with van der Waals surface area (Å²) in [6, 6.07) is 16.5. The molecular weight excluding hydrogens is 963 g/mol. The fourth-order valence-corrected chi connectivity index (χ4v) is 13.5. The van der Waals surface area contributed by atoms with Gasteiger partial charge in [0.05, 0.1) is 0 Å². The normalized spacial score (nSPS) is 12.2. The minimum atomic E-state index is -2.68. The van der Waals surface area contributed by atoms with Gasteiger partial charge in [-0.05, 0) is 43.2 Å². The van der Waals surface area contributed by atoms with Crippen molar-refractivity contribution in [2.45, 2.75) is 348 Å². The van der Waals surface area contributed by atoms with Crippen molar-refractivity contribution in [1.82, 2.24) is 0 Å². The van der Waals surface area contributed by atoms with Gasteiger partial charge in [-0.15, -0.1) is 0 Å². The van der Waals surface area contributed by atoms with Gasteiger partial charge < -0.3 is 28.6 Å². The molecule has 6 nitrogen and oxygen atoms in total. The predicted molar refractivity (Wildman–Crippen MR) is 329 cm³/mol. The lowest BCUT2D eigenvalue weighted by Gasteiger charge is -2.54. The Kier molecular flexibility index (Phi) is 45.3. The van der Waals surface area contributed by atoms with Gasteiger partial charge in [0.2, 0.25) is 0 Å². The van der Waals surface area contributed by atoms with Gasteiger partial charge in [-0.3, -0.25) is 0 Å². The van der Waals surface area contributed by atoms with E-state index >= 15 is 0 Å². The second-order valence-corrected chi connectivity index (χ2v) is 24.7. The third-order valence-electron chi connectivity index (χ3n) is 17.1. The molecule has 4 N–H and O–H groups in total. The highest BCUT2D eigenvalue weighted by molar-refractivity contribution is 7.40. The van der Waals surface area contributed by atoms with Crippen molar-refractivity contribution >= 4 is 17.2 Å². The van der Waals surface area contributed by atoms with Crippen molar-refractivity contribution in [2.75, 3.05) is 0 Å². The lowest BCUT2D eigenvalue weighted by molar-refractivity contribution is 0.0791. The van der Waals surface area contributed by atoms with Gasteiger partial charge >= 0.3 is 17.2 Å². The largest absolute Gasteiger partial charge is 0.427 e. The summed E-state index contributed by atoms with van der Waals surface area (Å²) in [4.78, 5) is 42.8. The molecule has 436 valence electrons. The monoisotopic (exact) mass is 1080 g/mol. The number of hydrogen-bond acceptors (Lipinski definition) is 6. The molecule has 75 heavy (non-hydrogen) atoms. The molecule has 0 unspecified atom stereocenters. The van der Waals surface area contributed by atoms with Crippen molar-refractivity contribution in [2.24, 2.45) is 5.41 Å². The van der Waals surface area contributed by atoms with E-state index < -0.39 is 22.6 Å². The molecule has 2 aromatic carbocycles. The zero-order valence-electron chi connectivity index (χ0n) is 49.8. The van der Waals surface area contributed by atoms with Crippen LogP contribution < -0.4 is 9.05 Å². The maximum absolute atomic E-state index is 10.7. The first-order valence-corrected chi connectivity index (χ1v) is 35.1. The Labute approximate surface area is 467 Å². The summed E-state index contributed by atoms with van der Waals surface area (Å²) in [6.45, 7) is 9.19. The van der Waals surface area contributed by atoms with Crippen LogP contribution in [0.5, 0.6) is 11.5 Å². The quantitative estimate of drug-likeness (QED) is 0.0389. The van der Waals surface area contributed by atoms with Gasteiger partial charge in [-0.2, -0.15) is 0 Å². The van der Waals surface area contributed by atoms with Gasteiger partial charge in [0.1, 0.15) is 11.5 Å². The molecule has 0 aromatic heterocycles. The standard InChI is InChI=1S/C67H122O6P2/c1-5-9-13-17-21-25-29-33-37-41-45-53-61-67(62-54-46-48-56-64(62)72-74(68)69,63-55-47-49-57-65(63)73-75(70)71)66(58-50-42-38-34-30-26-22-18-14-10-6-2,59-51-43-39-35-31-27-23-19-15-11-7-3)60-52-44-40-36-32-28-24-20-16-12-8-4/h46-49,54-57,68-71H,5-45,50-53,58-61H2,1-4H3. The Hall–Kier alpha value is -1.26. The average molecular weight is 1090 g/mol. The molecule has 0 amide bonds. The molecule has 0 aliphatic rings. The van der Waals surface area contributed by atoms with E-state index in [2.05, 4.69) is 52.0 Å². The minimum absolute atomic E-state index is 0.233. The molecule has 0 heterocycles. The second kappa shape index (κ2) is 48.6. The molecule has 2 rings (SSSR count). The SMILES string of the molecule is CCCCCCCCCCCCCCC(c1ccccc1OP(O)O)(c1ccccc1OP(O)O)C(CCCCCCCCCCCCC)(CCCCCCCCCCCCC)CCCCCCCCCCCCC. The summed E-state index contributed by atoms with van der Waals surface area (Å²) in [5.41, 5.74) is 1.09. The summed E-state index contributed by atoms with van der Waals surface area (Å²) in [6.07, 6.45) is 62.3. The van der Waals surface area contributed by atoms with Crippen molar-refractivity contribution in [3.8, 4) is 11.5 Å². The summed E-state index contributed by atoms with van der Waals surface area (Å²) >= 11 is 0. The summed E-state index contributed by atoms with van der Waals surface area (Å²) in [5.74, 6) is 1.05. The number of para-hydroxylation sites is 2. The van der Waals surface area contributed by atoms with Crippen LogP contribution in [0.1, 0.15) is 353 Å². The molecule has 0 fully saturated rings. The van der Waals surface area contributed by atoms with Crippen LogP contribution in [0, 0.1) is 5.41 Å². The first-order valence-electron chi connectivity index (χ1n) is 32.7. The topological polar surface area (TPSA) is 99.4 Å². The van der Waals surface area contributed by atoms with Gasteiger partial charge in [0.25, 0.3) is 0 Å². The van der Waals surface area contributed by atoms with Crippen molar-refractivity contribution in [1.29, 1.82) is 0 Å². The molecular formula is C67H122O6P2. The number of benzene rings is 2. The maximum atomic E-state index is 10.7. The fraction of sp³-hybridized carbons (Fsp3) is 0.821. The zero-order valence-corrected chi connectivity index (χ0v) is 51.6. The van der Waals surface area contributed by atoms with Crippen LogP contribution in [-0.2, 0) is 5.41 Å². The Morgan fingerprint density at radius 1 is 0.280 bits per heavy atom. The van der Waals surface area contributed by atoms with Crippen LogP contribution in [0.2, 0.25) is 0 Å². The van der Waals surface area contributed by atoms with Crippen molar-refractivity contribution in [3.63, 3.8) is 0 Å². The summed E-state index contributed by atoms with van der Waals surface area (Å²) in [5, 5.41) is 0. The zero-order chi connectivity index (χ0) is 54.2. The highest BCUT2D eigenvalue weighted by atomic mass is 31.2. The molecule has 0 aliphatic carbocycles. The van der Waals surface area contributed by atoms with E-state index in [9.17, 15) is 19.6 Å². The minimum Gasteiger partial charge on any atom is -0.427 e. The average Bonchev–Trinajstić information content (AvgIpc) is 3.40. The smallest absolute Gasteiger partial charge is 0.391 e. The molecule has 0 radical (unpaired) electrons. The third kappa shape index (κ3) is 31.9. The van der Waals surface area contributed by atoms with Crippen LogP contribution >= 0.6 is 17.2 Å². The second-order valence-electron chi connectivity index (χ2n) is 23.4. The molecule has 0 bridgehead atoms. The van der Waals surface area contributed by atoms with E-state index in [-0.39, 0.29) is 5.41 Å². The maximum Gasteiger partial charge on any atom is 0.391 e. The van der Waals surface area contributed by atoms with Gasteiger partial charge in [-0.25, -0.2) is 0 Å². The Morgan fingerprint density at radius 3 is 0.707 bits per heavy atom. The Bertz CT molecular complexity index is 1420. The van der Waals surface area contributed by atoms with Gasteiger partial charge in [-0.1, -0.05) is 353 Å². The summed E-state index contributed by atoms with van der Waals surface area (Å²) in [7, 11) is -5.37. The molecule has 0 saturated heterocycles. The first kappa shape index (κ1) is 69.8. The highest BCUT2D eigenvalue weighted by Crippen LogP contribution is 2.62. The van der Waals surface area contributed by atoms with E-state index in [1.807, 2.05) is 24.3 Å². The molecule has 2 aromatic rings. The third-order valence-corrected chi connectivity index (χ3v) is 17.9. The van der Waals surface area contributed by atoms with E-state index in [1.54, 1.807) is 0 Å². The first-order chi connectivity index (χ1) is 36.8. The lowest BCUT2D eigenvalue weighted by Crippen LogP contribution is -2.48. The number of rotatable bonds is 56. The number of unbranched alkanes of at least 4 members (excludes halogenated alkanes) is 41. The highest BCUT2D eigenvalue weighted by Gasteiger charge is 2.54. The van der Waals surface area contributed by atoms with Crippen molar-refractivity contribution in [3.05, 3.63) is 59.7 Å². The fourth-order valence-electron chi connectivity index (χ4n) is 12.9. The van der Waals surface area contributed by atoms with E-state index in [0.29, 0.717) is 11.5 Å². The molecule has 0 atom stereocenters. The van der Waals surface area contributed by atoms with E-state index in [0.717, 1.165) is 68.9 Å². The lowest BCUT2D eigenvalue weighted by atomic mass is 9.49. The Morgan fingerprint density at radius 2 is 0.480 bits per heavy atom. The van der Waals surface area contributed by atoms with Crippen LogP contribution in [0.3, 0.4) is 0 Å². The van der Waals surface area contributed by atoms with E-state index in [1.165, 1.54) is 257 Å². The van der Waals surface area contributed by atoms with Crippen LogP contribution in [0.15, 0.2) is 48.5 Å². The molecule has 8 heteroatoms. The van der Waals surface area contributed by atoms with Crippen molar-refractivity contribution < 1.29 is 28.6 Å². The molecule has 0 aliphatic heterocycles. The Balaban J connectivity index is 2.69. The van der Waals surface area contributed by atoms with Gasteiger partial charge in [0.15, 0.2) is 0 Å². The van der Waals surface area contributed by atoms with E-state index in [4.69, 9.17) is 9.05 Å². The van der Waals surface area contributed by atoms with Gasteiger partial charge in [0, 0.05) is 16.5 Å². The molecule has 0 spiro atoms. The van der Waals surface area contributed by atoms with Crippen LogP contribution in [-0.4, -0.2) is 19.6 Å². The van der Waals surface area contributed by atoms with Crippen LogP contribution in [0.4, 0.5) is 0 Å². The van der Waals surface area contributed by atoms with Crippen LogP contribution in [0.25, 0.3) is 0 Å². The molecule has 0 saturated carbocycles. The number of hydrogen-bond donors (Lipinski definition) is 4. The predicted octanol–water partition coefficient (Wildman–Crippen LogP) is 23.3. The summed E-state index contributed by atoms with van der Waals surface area (Å²) < 4.78 is 12.4.